The average Bonchev–Trinajstić information content (AvgIpc) is 2.95. The Morgan fingerprint density at radius 2 is 2.29 bits per heavy atom. The van der Waals surface area contributed by atoms with Crippen LogP contribution in [0, 0.1) is 0 Å². The van der Waals surface area contributed by atoms with Gasteiger partial charge in [-0.1, -0.05) is 12.8 Å². The Morgan fingerprint density at radius 3 is 3.00 bits per heavy atom. The first-order valence-electron chi connectivity index (χ1n) is 6.59. The van der Waals surface area contributed by atoms with Crippen LogP contribution >= 0.6 is 0 Å². The summed E-state index contributed by atoms with van der Waals surface area (Å²) in [5.74, 6) is 0. The maximum atomic E-state index is 9.73. The van der Waals surface area contributed by atoms with Gasteiger partial charge in [0.1, 0.15) is 0 Å². The van der Waals surface area contributed by atoms with Gasteiger partial charge in [0.05, 0.1) is 24.4 Å². The smallest absolute Gasteiger partial charge is 0.0829 e. The highest BCUT2D eigenvalue weighted by Gasteiger charge is 2.18. The molecule has 1 N–H and O–H groups in total. The van der Waals surface area contributed by atoms with Gasteiger partial charge in [-0.05, 0) is 25.8 Å². The molecular formula is C13H22N2O2. The fourth-order valence-electron chi connectivity index (χ4n) is 2.41. The number of ether oxygens (including phenoxy) is 1. The third kappa shape index (κ3) is 3.54. The maximum Gasteiger partial charge on any atom is 0.0829 e. The topological polar surface area (TPSA) is 47.3 Å². The lowest BCUT2D eigenvalue weighted by molar-refractivity contribution is 0.0424. The van der Waals surface area contributed by atoms with Gasteiger partial charge in [0.15, 0.2) is 0 Å². The molecule has 0 radical (unpaired) electrons. The molecule has 0 saturated heterocycles. The van der Waals surface area contributed by atoms with Gasteiger partial charge in [-0.25, -0.2) is 0 Å². The van der Waals surface area contributed by atoms with Gasteiger partial charge < -0.3 is 9.84 Å². The standard InChI is InChI=1S/C13H22N2O2/c1-2-17-10-13(16)9-11-7-8-15(14-11)12-5-3-4-6-12/h7-8,12-13,16H,2-6,9-10H2,1H3. The van der Waals surface area contributed by atoms with E-state index in [0.717, 1.165) is 5.69 Å². The monoisotopic (exact) mass is 238 g/mol. The Morgan fingerprint density at radius 1 is 1.53 bits per heavy atom. The lowest BCUT2D eigenvalue weighted by Gasteiger charge is -2.10. The Kier molecular flexibility index (Phi) is 4.57. The van der Waals surface area contributed by atoms with E-state index in [2.05, 4.69) is 9.78 Å². The second-order valence-corrected chi connectivity index (χ2v) is 4.74. The third-order valence-electron chi connectivity index (χ3n) is 3.32. The zero-order chi connectivity index (χ0) is 12.1. The van der Waals surface area contributed by atoms with Crippen LogP contribution in [0.4, 0.5) is 0 Å². The molecule has 1 aromatic rings. The molecule has 1 heterocycles. The van der Waals surface area contributed by atoms with Gasteiger partial charge in [0.25, 0.3) is 0 Å². The molecule has 4 heteroatoms. The molecule has 4 nitrogen and oxygen atoms in total. The molecule has 1 atom stereocenters. The van der Waals surface area contributed by atoms with E-state index in [1.54, 1.807) is 0 Å². The molecule has 1 aliphatic carbocycles. The van der Waals surface area contributed by atoms with Crippen LogP contribution in [-0.2, 0) is 11.2 Å². The van der Waals surface area contributed by atoms with Crippen LogP contribution in [0.2, 0.25) is 0 Å². The lowest BCUT2D eigenvalue weighted by atomic mass is 10.2. The SMILES string of the molecule is CCOCC(O)Cc1ccn(C2CCCC2)n1. The molecular weight excluding hydrogens is 216 g/mol. The fraction of sp³-hybridized carbons (Fsp3) is 0.769. The molecule has 1 unspecified atom stereocenters. The molecule has 0 bridgehead atoms. The number of nitrogens with zero attached hydrogens (tertiary/aromatic N) is 2. The third-order valence-corrected chi connectivity index (χ3v) is 3.32. The summed E-state index contributed by atoms with van der Waals surface area (Å²) in [5, 5.41) is 14.3. The first-order valence-corrected chi connectivity index (χ1v) is 6.59. The van der Waals surface area contributed by atoms with Crippen LogP contribution in [0.25, 0.3) is 0 Å². The van der Waals surface area contributed by atoms with Gasteiger partial charge in [-0.3, -0.25) is 4.68 Å². The molecule has 17 heavy (non-hydrogen) atoms. The first kappa shape index (κ1) is 12.6. The van der Waals surface area contributed by atoms with Crippen molar-refractivity contribution < 1.29 is 9.84 Å². The molecule has 96 valence electrons. The minimum absolute atomic E-state index is 0.396. The zero-order valence-corrected chi connectivity index (χ0v) is 10.5. The van der Waals surface area contributed by atoms with Crippen molar-refractivity contribution in [1.29, 1.82) is 0 Å². The Bertz CT molecular complexity index is 332. The van der Waals surface area contributed by atoms with Gasteiger partial charge in [-0.15, -0.1) is 0 Å². The van der Waals surface area contributed by atoms with Gasteiger partial charge in [0, 0.05) is 19.2 Å². The van der Waals surface area contributed by atoms with Crippen molar-refractivity contribution in [3.8, 4) is 0 Å². The summed E-state index contributed by atoms with van der Waals surface area (Å²) in [6, 6.07) is 2.58. The van der Waals surface area contributed by atoms with E-state index >= 15 is 0 Å². The molecule has 1 aromatic heterocycles. The largest absolute Gasteiger partial charge is 0.390 e. The van der Waals surface area contributed by atoms with Crippen LogP contribution in [0.15, 0.2) is 12.3 Å². The second kappa shape index (κ2) is 6.17. The number of aliphatic hydroxyl groups excluding tert-OH is 1. The number of hydrogen-bond acceptors (Lipinski definition) is 3. The predicted molar refractivity (Wildman–Crippen MR) is 65.9 cm³/mol. The van der Waals surface area contributed by atoms with Crippen LogP contribution in [0.3, 0.4) is 0 Å². The Balaban J connectivity index is 1.84. The zero-order valence-electron chi connectivity index (χ0n) is 10.5. The number of aliphatic hydroxyl groups is 1. The summed E-state index contributed by atoms with van der Waals surface area (Å²) in [5.41, 5.74) is 0.962. The first-order chi connectivity index (χ1) is 8.29. The summed E-state index contributed by atoms with van der Waals surface area (Å²) in [4.78, 5) is 0. The summed E-state index contributed by atoms with van der Waals surface area (Å²) < 4.78 is 7.25. The van der Waals surface area contributed by atoms with Crippen LogP contribution < -0.4 is 0 Å². The van der Waals surface area contributed by atoms with Gasteiger partial charge >= 0.3 is 0 Å². The van der Waals surface area contributed by atoms with E-state index in [9.17, 15) is 5.11 Å². The normalized spacial score (nSPS) is 18.7. The lowest BCUT2D eigenvalue weighted by Crippen LogP contribution is -2.18. The van der Waals surface area contributed by atoms with Crippen molar-refractivity contribution in [1.82, 2.24) is 9.78 Å². The number of rotatable bonds is 6. The predicted octanol–water partition coefficient (Wildman–Crippen LogP) is 1.94. The molecule has 1 aliphatic rings. The molecule has 1 fully saturated rings. The average molecular weight is 238 g/mol. The van der Waals surface area contributed by atoms with E-state index in [4.69, 9.17) is 4.74 Å². The minimum atomic E-state index is -0.443. The second-order valence-electron chi connectivity index (χ2n) is 4.74. The van der Waals surface area contributed by atoms with Crippen LogP contribution in [0.5, 0.6) is 0 Å². The highest BCUT2D eigenvalue weighted by molar-refractivity contribution is 5.01. The molecule has 0 aliphatic heterocycles. The van der Waals surface area contributed by atoms with Gasteiger partial charge in [-0.2, -0.15) is 5.10 Å². The summed E-state index contributed by atoms with van der Waals surface area (Å²) in [7, 11) is 0. The fourth-order valence-corrected chi connectivity index (χ4v) is 2.41. The molecule has 0 spiro atoms. The van der Waals surface area contributed by atoms with Crippen LogP contribution in [0.1, 0.15) is 44.3 Å². The molecule has 2 rings (SSSR count). The highest BCUT2D eigenvalue weighted by atomic mass is 16.5. The van der Waals surface area contributed by atoms with Crippen molar-refractivity contribution in [2.75, 3.05) is 13.2 Å². The summed E-state index contributed by atoms with van der Waals surface area (Å²) in [6.07, 6.45) is 7.28. The number of aromatic nitrogens is 2. The minimum Gasteiger partial charge on any atom is -0.390 e. The summed E-state index contributed by atoms with van der Waals surface area (Å²) in [6.45, 7) is 2.97. The van der Waals surface area contributed by atoms with Gasteiger partial charge in [0.2, 0.25) is 0 Å². The molecule has 0 aromatic carbocycles. The van der Waals surface area contributed by atoms with E-state index in [1.807, 2.05) is 19.2 Å². The summed E-state index contributed by atoms with van der Waals surface area (Å²) >= 11 is 0. The molecule has 1 saturated carbocycles. The van der Waals surface area contributed by atoms with Crippen LogP contribution in [-0.4, -0.2) is 34.2 Å². The number of hydrogen-bond donors (Lipinski definition) is 1. The van der Waals surface area contributed by atoms with Crippen molar-refractivity contribution >= 4 is 0 Å². The van der Waals surface area contributed by atoms with E-state index in [1.165, 1.54) is 25.7 Å². The van der Waals surface area contributed by atoms with E-state index < -0.39 is 6.10 Å². The Hall–Kier alpha value is -0.870. The van der Waals surface area contributed by atoms with E-state index in [-0.39, 0.29) is 0 Å². The highest BCUT2D eigenvalue weighted by Crippen LogP contribution is 2.28. The van der Waals surface area contributed by atoms with Crippen molar-refractivity contribution in [3.05, 3.63) is 18.0 Å². The van der Waals surface area contributed by atoms with Crippen molar-refractivity contribution in [2.24, 2.45) is 0 Å². The quantitative estimate of drug-likeness (QED) is 0.824. The Labute approximate surface area is 103 Å². The van der Waals surface area contributed by atoms with Crippen molar-refractivity contribution in [2.45, 2.75) is 51.2 Å². The van der Waals surface area contributed by atoms with E-state index in [0.29, 0.717) is 25.7 Å². The van der Waals surface area contributed by atoms with Crippen molar-refractivity contribution in [3.63, 3.8) is 0 Å². The maximum absolute atomic E-state index is 9.73. The molecule has 0 amide bonds.